The van der Waals surface area contributed by atoms with Gasteiger partial charge in [-0.3, -0.25) is 19.9 Å². The zero-order valence-electron chi connectivity index (χ0n) is 12.1. The molecule has 1 heterocycles. The maximum absolute atomic E-state index is 11.7. The monoisotopic (exact) mass is 319 g/mol. The third-order valence-corrected chi connectivity index (χ3v) is 2.72. The van der Waals surface area contributed by atoms with Gasteiger partial charge in [0, 0.05) is 17.4 Å². The lowest BCUT2D eigenvalue weighted by molar-refractivity contribution is -0.398. The van der Waals surface area contributed by atoms with Crippen LogP contribution in [0.25, 0.3) is 0 Å². The zero-order valence-corrected chi connectivity index (χ0v) is 12.1. The molecular weight excluding hydrogens is 308 g/mol. The third-order valence-electron chi connectivity index (χ3n) is 2.72. The topological polar surface area (TPSA) is 158 Å². The summed E-state index contributed by atoms with van der Waals surface area (Å²) in [5.41, 5.74) is 1.81. The first-order chi connectivity index (χ1) is 10.9. The van der Waals surface area contributed by atoms with Crippen LogP contribution in [0, 0.1) is 17.0 Å². The van der Waals surface area contributed by atoms with Crippen molar-refractivity contribution in [1.82, 2.24) is 15.2 Å². The van der Waals surface area contributed by atoms with E-state index in [0.717, 1.165) is 6.07 Å². The van der Waals surface area contributed by atoms with Crippen LogP contribution in [0.15, 0.2) is 22.0 Å². The van der Waals surface area contributed by atoms with Crippen molar-refractivity contribution in [2.75, 3.05) is 12.5 Å². The Labute approximate surface area is 128 Å². The van der Waals surface area contributed by atoms with Gasteiger partial charge in [0.1, 0.15) is 11.4 Å². The molecule has 0 spiro atoms. The number of methoxy groups -OCH3 is 1. The van der Waals surface area contributed by atoms with Crippen LogP contribution < -0.4 is 20.8 Å². The van der Waals surface area contributed by atoms with E-state index in [1.807, 2.05) is 0 Å². The van der Waals surface area contributed by atoms with Gasteiger partial charge in [-0.05, 0) is 13.0 Å². The van der Waals surface area contributed by atoms with Crippen molar-refractivity contribution in [3.05, 3.63) is 43.9 Å². The van der Waals surface area contributed by atoms with E-state index in [2.05, 4.69) is 25.7 Å². The van der Waals surface area contributed by atoms with Gasteiger partial charge < -0.3 is 9.84 Å². The lowest BCUT2D eigenvalue weighted by Gasteiger charge is -2.12. The van der Waals surface area contributed by atoms with Gasteiger partial charge >= 0.3 is 0 Å². The zero-order chi connectivity index (χ0) is 17.0. The number of anilines is 1. The molecule has 0 unspecified atom stereocenters. The molecule has 0 aliphatic heterocycles. The molecule has 0 saturated heterocycles. The summed E-state index contributed by atoms with van der Waals surface area (Å²) in [4.78, 5) is 23.8. The Balaban J connectivity index is 2.25. The van der Waals surface area contributed by atoms with Crippen LogP contribution in [-0.2, 0) is 0 Å². The molecule has 2 rings (SSSR count). The molecule has 0 aliphatic rings. The van der Waals surface area contributed by atoms with Gasteiger partial charge in [-0.1, -0.05) is 0 Å². The number of hydrogen-bond acceptors (Lipinski definition) is 9. The highest BCUT2D eigenvalue weighted by Crippen LogP contribution is 2.33. The molecule has 11 nitrogen and oxygen atoms in total. The van der Waals surface area contributed by atoms with Gasteiger partial charge in [-0.15, -0.1) is 10.2 Å². The molecule has 0 bridgehead atoms. The molecule has 0 amide bonds. The third kappa shape index (κ3) is 3.58. The summed E-state index contributed by atoms with van der Waals surface area (Å²) in [5.74, 6) is -1.00. The van der Waals surface area contributed by atoms with Crippen LogP contribution in [0.3, 0.4) is 0 Å². The maximum atomic E-state index is 11.7. The normalized spacial score (nSPS) is 10.7. The highest BCUT2D eigenvalue weighted by Gasteiger charge is 2.12. The lowest BCUT2D eigenvalue weighted by Crippen LogP contribution is -2.15. The summed E-state index contributed by atoms with van der Waals surface area (Å²) in [6.07, 6.45) is 1.20. The van der Waals surface area contributed by atoms with E-state index in [1.54, 1.807) is 0 Å². The quantitative estimate of drug-likeness (QED) is 0.439. The molecule has 120 valence electrons. The summed E-state index contributed by atoms with van der Waals surface area (Å²) in [7, 11) is 1.23. The highest BCUT2D eigenvalue weighted by atomic mass is 16.6. The molecule has 2 aromatic rings. The van der Waals surface area contributed by atoms with Gasteiger partial charge in [0.15, 0.2) is 0 Å². The smallest absolute Gasteiger partial charge is 0.274 e. The SMILES string of the molecule is COc1cc(/C=N/Nc2nnc(C)c(=O)[nH]2)cc([N+](=O)[O-])c1[O-]. The molecule has 1 aromatic carbocycles. The molecule has 0 aliphatic carbocycles. The summed E-state index contributed by atoms with van der Waals surface area (Å²) < 4.78 is 4.80. The average molecular weight is 319 g/mol. The number of aromatic nitrogens is 3. The second-order valence-electron chi connectivity index (χ2n) is 4.29. The van der Waals surface area contributed by atoms with Gasteiger partial charge in [0.05, 0.1) is 18.2 Å². The highest BCUT2D eigenvalue weighted by molar-refractivity contribution is 5.83. The second kappa shape index (κ2) is 6.51. The number of aromatic amines is 1. The van der Waals surface area contributed by atoms with E-state index in [-0.39, 0.29) is 23.0 Å². The van der Waals surface area contributed by atoms with Crippen molar-refractivity contribution in [3.63, 3.8) is 0 Å². The number of benzene rings is 1. The number of hydrogen-bond donors (Lipinski definition) is 2. The van der Waals surface area contributed by atoms with E-state index < -0.39 is 21.9 Å². The molecule has 2 N–H and O–H groups in total. The Bertz CT molecular complexity index is 831. The Morgan fingerprint density at radius 3 is 2.78 bits per heavy atom. The van der Waals surface area contributed by atoms with Crippen LogP contribution in [0.1, 0.15) is 11.3 Å². The molecule has 11 heteroatoms. The second-order valence-corrected chi connectivity index (χ2v) is 4.29. The Morgan fingerprint density at radius 2 is 2.17 bits per heavy atom. The number of rotatable bonds is 5. The Kier molecular flexibility index (Phi) is 4.50. The molecule has 0 radical (unpaired) electrons. The fourth-order valence-corrected chi connectivity index (χ4v) is 1.58. The number of nitro benzene ring substituents is 1. The Hall–Kier alpha value is -3.50. The molecular formula is C12H11N6O5-. The summed E-state index contributed by atoms with van der Waals surface area (Å²) in [6.45, 7) is 1.49. The number of ether oxygens (including phenoxy) is 1. The molecule has 0 atom stereocenters. The molecule has 0 fully saturated rings. The van der Waals surface area contributed by atoms with Crippen molar-refractivity contribution in [2.45, 2.75) is 6.92 Å². The van der Waals surface area contributed by atoms with Gasteiger partial charge in [0.25, 0.3) is 11.2 Å². The predicted octanol–water partition coefficient (Wildman–Crippen LogP) is -0.0903. The van der Waals surface area contributed by atoms with Crippen molar-refractivity contribution >= 4 is 17.9 Å². The van der Waals surface area contributed by atoms with Gasteiger partial charge in [-0.25, -0.2) is 5.43 Å². The standard InChI is InChI=1S/C12H12N6O5/c1-6-11(20)14-12(17-15-6)16-13-5-7-3-8(18(21)22)10(19)9(4-7)23-2/h3-5,19H,1-2H3,(H2,14,16,17,20)/p-1/b13-5+. The van der Waals surface area contributed by atoms with E-state index in [0.29, 0.717) is 0 Å². The first-order valence-electron chi connectivity index (χ1n) is 6.18. The summed E-state index contributed by atoms with van der Waals surface area (Å²) in [6, 6.07) is 2.35. The first-order valence-corrected chi connectivity index (χ1v) is 6.18. The summed E-state index contributed by atoms with van der Waals surface area (Å²) in [5, 5.41) is 33.5. The van der Waals surface area contributed by atoms with Crippen LogP contribution in [0.2, 0.25) is 0 Å². The van der Waals surface area contributed by atoms with Crippen LogP contribution in [0.5, 0.6) is 11.5 Å². The van der Waals surface area contributed by atoms with Crippen LogP contribution in [-0.4, -0.2) is 33.4 Å². The number of H-pyrrole nitrogens is 1. The number of aryl methyl sites for hydroxylation is 1. The maximum Gasteiger partial charge on any atom is 0.274 e. The Morgan fingerprint density at radius 1 is 1.43 bits per heavy atom. The van der Waals surface area contributed by atoms with E-state index in [4.69, 9.17) is 4.74 Å². The van der Waals surface area contributed by atoms with Crippen molar-refractivity contribution < 1.29 is 14.8 Å². The minimum absolute atomic E-state index is 0.00115. The summed E-state index contributed by atoms with van der Waals surface area (Å²) >= 11 is 0. The van der Waals surface area contributed by atoms with Gasteiger partial charge in [0.2, 0.25) is 5.95 Å². The van der Waals surface area contributed by atoms with Crippen molar-refractivity contribution in [2.24, 2.45) is 5.10 Å². The molecule has 0 saturated carbocycles. The fourth-order valence-electron chi connectivity index (χ4n) is 1.58. The average Bonchev–Trinajstić information content (AvgIpc) is 2.51. The number of nitro groups is 1. The minimum atomic E-state index is -0.823. The predicted molar refractivity (Wildman–Crippen MR) is 77.7 cm³/mol. The lowest BCUT2D eigenvalue weighted by atomic mass is 10.2. The number of hydrazone groups is 1. The van der Waals surface area contributed by atoms with E-state index >= 15 is 0 Å². The van der Waals surface area contributed by atoms with E-state index in [1.165, 1.54) is 26.3 Å². The van der Waals surface area contributed by atoms with E-state index in [9.17, 15) is 20.0 Å². The van der Waals surface area contributed by atoms with Crippen molar-refractivity contribution in [3.8, 4) is 11.5 Å². The van der Waals surface area contributed by atoms with Crippen molar-refractivity contribution in [1.29, 1.82) is 0 Å². The van der Waals surface area contributed by atoms with Crippen LogP contribution in [0.4, 0.5) is 11.6 Å². The van der Waals surface area contributed by atoms with Gasteiger partial charge in [-0.2, -0.15) is 5.10 Å². The first kappa shape index (κ1) is 15.9. The fraction of sp³-hybridized carbons (Fsp3) is 0.167. The number of nitrogens with one attached hydrogen (secondary N) is 2. The molecule has 1 aromatic heterocycles. The largest absolute Gasteiger partial charge is 0.865 e. The number of nitrogens with zero attached hydrogens (tertiary/aromatic N) is 4. The van der Waals surface area contributed by atoms with Crippen LogP contribution >= 0.6 is 0 Å². The molecule has 23 heavy (non-hydrogen) atoms. The minimum Gasteiger partial charge on any atom is -0.865 e.